The third kappa shape index (κ3) is 3.30. The second-order valence-corrected chi connectivity index (χ2v) is 8.58. The summed E-state index contributed by atoms with van der Waals surface area (Å²) in [6.07, 6.45) is 4.82. The van der Waals surface area contributed by atoms with Gasteiger partial charge in [-0.05, 0) is 31.0 Å². The fourth-order valence-corrected chi connectivity index (χ4v) is 5.33. The topological polar surface area (TPSA) is 63.1 Å². The lowest BCUT2D eigenvalue weighted by Crippen LogP contribution is -2.61. The van der Waals surface area contributed by atoms with E-state index < -0.39 is 0 Å². The van der Waals surface area contributed by atoms with Crippen molar-refractivity contribution in [3.8, 4) is 0 Å². The largest absolute Gasteiger partial charge is 0.334 e. The number of rotatable bonds is 4. The molecule has 2 aliphatic heterocycles. The number of pyridine rings is 1. The molecule has 0 aliphatic carbocycles. The van der Waals surface area contributed by atoms with Crippen LogP contribution in [0.2, 0.25) is 0 Å². The Morgan fingerprint density at radius 2 is 2.32 bits per heavy atom. The molecule has 7 heteroatoms. The molecule has 1 unspecified atom stereocenters. The zero-order valence-electron chi connectivity index (χ0n) is 14.6. The van der Waals surface area contributed by atoms with E-state index in [1.807, 2.05) is 49.0 Å². The molecule has 25 heavy (non-hydrogen) atoms. The van der Waals surface area contributed by atoms with Crippen molar-refractivity contribution >= 4 is 17.7 Å². The zero-order valence-corrected chi connectivity index (χ0v) is 15.4. The minimum atomic E-state index is 0.0982. The number of nitrogens with zero attached hydrogens (tertiary/aromatic N) is 4. The van der Waals surface area contributed by atoms with E-state index in [0.717, 1.165) is 37.5 Å². The molecule has 4 rings (SSSR count). The number of carbonyl (C=O) groups excluding carboxylic acids is 1. The highest BCUT2D eigenvalue weighted by Gasteiger charge is 2.50. The normalized spacial score (nSPS) is 21.5. The molecule has 1 amide bonds. The SMILES string of the molecule is Cc1cc(C(=O)N2CC3(CC(NCc4cccnc4)CS3)C2)n(C)n1. The number of aromatic nitrogens is 3. The van der Waals surface area contributed by atoms with Crippen LogP contribution in [0.1, 0.15) is 28.2 Å². The molecular weight excluding hydrogens is 334 g/mol. The van der Waals surface area contributed by atoms with E-state index in [9.17, 15) is 4.79 Å². The van der Waals surface area contributed by atoms with Gasteiger partial charge >= 0.3 is 0 Å². The number of thioether (sulfide) groups is 1. The molecular formula is C18H23N5OS. The summed E-state index contributed by atoms with van der Waals surface area (Å²) in [5, 5.41) is 7.91. The van der Waals surface area contributed by atoms with Crippen LogP contribution in [0.3, 0.4) is 0 Å². The van der Waals surface area contributed by atoms with Crippen molar-refractivity contribution in [1.29, 1.82) is 0 Å². The van der Waals surface area contributed by atoms with Crippen LogP contribution in [0, 0.1) is 6.92 Å². The maximum atomic E-state index is 12.6. The van der Waals surface area contributed by atoms with E-state index in [1.54, 1.807) is 10.9 Å². The van der Waals surface area contributed by atoms with Crippen molar-refractivity contribution in [3.05, 3.63) is 47.5 Å². The van der Waals surface area contributed by atoms with Crippen molar-refractivity contribution in [1.82, 2.24) is 25.0 Å². The van der Waals surface area contributed by atoms with Crippen LogP contribution in [0.25, 0.3) is 0 Å². The average molecular weight is 357 g/mol. The Labute approximate surface area is 152 Å². The predicted octanol–water partition coefficient (Wildman–Crippen LogP) is 1.61. The smallest absolute Gasteiger partial charge is 0.272 e. The van der Waals surface area contributed by atoms with Crippen LogP contribution in [0.15, 0.2) is 30.6 Å². The summed E-state index contributed by atoms with van der Waals surface area (Å²) >= 11 is 2.01. The van der Waals surface area contributed by atoms with E-state index in [4.69, 9.17) is 0 Å². The number of likely N-dealkylation sites (tertiary alicyclic amines) is 1. The summed E-state index contributed by atoms with van der Waals surface area (Å²) in [6.45, 7) is 4.45. The van der Waals surface area contributed by atoms with Gasteiger partial charge in [-0.2, -0.15) is 5.10 Å². The summed E-state index contributed by atoms with van der Waals surface area (Å²) in [6, 6.07) is 6.43. The Balaban J connectivity index is 1.30. The summed E-state index contributed by atoms with van der Waals surface area (Å²) in [7, 11) is 1.83. The third-order valence-corrected chi connectivity index (χ3v) is 6.60. The van der Waals surface area contributed by atoms with Crippen molar-refractivity contribution in [2.75, 3.05) is 18.8 Å². The number of hydrogen-bond acceptors (Lipinski definition) is 5. The Hall–Kier alpha value is -1.86. The molecule has 132 valence electrons. The standard InChI is InChI=1S/C18H23N5OS/c1-13-6-16(22(2)21-13)17(24)23-11-18(12-23)7-15(10-25-18)20-9-14-4-3-5-19-8-14/h3-6,8,15,20H,7,9-12H2,1-2H3. The minimum absolute atomic E-state index is 0.0982. The fraction of sp³-hybridized carbons (Fsp3) is 0.500. The fourth-order valence-electron chi connectivity index (χ4n) is 3.73. The Kier molecular flexibility index (Phi) is 4.29. The molecule has 4 heterocycles. The summed E-state index contributed by atoms with van der Waals surface area (Å²) in [4.78, 5) is 18.7. The molecule has 2 aromatic rings. The first-order valence-electron chi connectivity index (χ1n) is 8.61. The Morgan fingerprint density at radius 3 is 3.00 bits per heavy atom. The highest BCUT2D eigenvalue weighted by Crippen LogP contribution is 2.45. The Morgan fingerprint density at radius 1 is 1.48 bits per heavy atom. The maximum Gasteiger partial charge on any atom is 0.272 e. The van der Waals surface area contributed by atoms with Gasteiger partial charge in [0, 0.05) is 50.9 Å². The first-order chi connectivity index (χ1) is 12.0. The van der Waals surface area contributed by atoms with Gasteiger partial charge in [-0.3, -0.25) is 14.5 Å². The molecule has 6 nitrogen and oxygen atoms in total. The van der Waals surface area contributed by atoms with Gasteiger partial charge in [0.05, 0.1) is 10.4 Å². The van der Waals surface area contributed by atoms with E-state index in [-0.39, 0.29) is 10.7 Å². The van der Waals surface area contributed by atoms with E-state index >= 15 is 0 Å². The van der Waals surface area contributed by atoms with Crippen LogP contribution < -0.4 is 5.32 Å². The zero-order chi connectivity index (χ0) is 17.4. The molecule has 0 saturated carbocycles. The molecule has 1 N–H and O–H groups in total. The lowest BCUT2D eigenvalue weighted by Gasteiger charge is -2.47. The average Bonchev–Trinajstić information content (AvgIpc) is 3.15. The number of nitrogens with one attached hydrogen (secondary N) is 1. The number of hydrogen-bond donors (Lipinski definition) is 1. The minimum Gasteiger partial charge on any atom is -0.334 e. The lowest BCUT2D eigenvalue weighted by atomic mass is 9.91. The maximum absolute atomic E-state index is 12.6. The number of aryl methyl sites for hydroxylation is 2. The van der Waals surface area contributed by atoms with Crippen LogP contribution in [0.5, 0.6) is 0 Å². The monoisotopic (exact) mass is 357 g/mol. The van der Waals surface area contributed by atoms with Gasteiger partial charge in [-0.25, -0.2) is 0 Å². The van der Waals surface area contributed by atoms with Gasteiger partial charge in [0.25, 0.3) is 5.91 Å². The van der Waals surface area contributed by atoms with Gasteiger partial charge in [-0.1, -0.05) is 6.07 Å². The van der Waals surface area contributed by atoms with Gasteiger partial charge in [-0.15, -0.1) is 11.8 Å². The highest BCUT2D eigenvalue weighted by atomic mass is 32.2. The van der Waals surface area contributed by atoms with Crippen LogP contribution >= 0.6 is 11.8 Å². The quantitative estimate of drug-likeness (QED) is 0.901. The van der Waals surface area contributed by atoms with Gasteiger partial charge in [0.2, 0.25) is 0 Å². The van der Waals surface area contributed by atoms with Gasteiger partial charge < -0.3 is 10.2 Å². The molecule has 2 saturated heterocycles. The van der Waals surface area contributed by atoms with E-state index in [0.29, 0.717) is 11.7 Å². The van der Waals surface area contributed by atoms with Gasteiger partial charge in [0.15, 0.2) is 0 Å². The predicted molar refractivity (Wildman–Crippen MR) is 98.5 cm³/mol. The highest BCUT2D eigenvalue weighted by molar-refractivity contribution is 8.01. The number of carbonyl (C=O) groups is 1. The third-order valence-electron chi connectivity index (χ3n) is 4.99. The molecule has 2 aromatic heterocycles. The van der Waals surface area contributed by atoms with Crippen molar-refractivity contribution < 1.29 is 4.79 Å². The lowest BCUT2D eigenvalue weighted by molar-refractivity contribution is 0.0541. The Bertz CT molecular complexity index is 769. The van der Waals surface area contributed by atoms with Crippen molar-refractivity contribution in [2.45, 2.75) is 30.7 Å². The molecule has 1 spiro atoms. The molecule has 0 aromatic carbocycles. The second-order valence-electron chi connectivity index (χ2n) is 7.09. The van der Waals surface area contributed by atoms with Crippen LogP contribution in [0.4, 0.5) is 0 Å². The first-order valence-corrected chi connectivity index (χ1v) is 9.59. The van der Waals surface area contributed by atoms with E-state index in [2.05, 4.69) is 21.5 Å². The van der Waals surface area contributed by atoms with Crippen molar-refractivity contribution in [3.63, 3.8) is 0 Å². The summed E-state index contributed by atoms with van der Waals surface area (Å²) < 4.78 is 1.92. The number of amides is 1. The molecule has 2 fully saturated rings. The van der Waals surface area contributed by atoms with Crippen molar-refractivity contribution in [2.24, 2.45) is 7.05 Å². The summed E-state index contributed by atoms with van der Waals surface area (Å²) in [5.41, 5.74) is 2.78. The second kappa shape index (κ2) is 6.46. The van der Waals surface area contributed by atoms with Crippen LogP contribution in [-0.4, -0.2) is 55.2 Å². The van der Waals surface area contributed by atoms with E-state index in [1.165, 1.54) is 5.56 Å². The molecule has 2 aliphatic rings. The molecule has 0 radical (unpaired) electrons. The first kappa shape index (κ1) is 16.6. The van der Waals surface area contributed by atoms with Gasteiger partial charge in [0.1, 0.15) is 5.69 Å². The molecule has 0 bridgehead atoms. The van der Waals surface area contributed by atoms with Crippen LogP contribution in [-0.2, 0) is 13.6 Å². The summed E-state index contributed by atoms with van der Waals surface area (Å²) in [5.74, 6) is 1.20. The molecule has 1 atom stereocenters.